The first-order valence-corrected chi connectivity index (χ1v) is 6.87. The maximum atomic E-state index is 9.80. The zero-order chi connectivity index (χ0) is 14.1. The number of fused-ring (bicyclic) bond motifs is 1. The summed E-state index contributed by atoms with van der Waals surface area (Å²) in [7, 11) is 0. The molecule has 4 heteroatoms. The lowest BCUT2D eigenvalue weighted by Gasteiger charge is -2.15. The van der Waals surface area contributed by atoms with E-state index < -0.39 is 0 Å². The quantitative estimate of drug-likeness (QED) is 0.827. The van der Waals surface area contributed by atoms with Crippen molar-refractivity contribution in [3.63, 3.8) is 0 Å². The second-order valence-corrected chi connectivity index (χ2v) is 5.33. The fourth-order valence-corrected chi connectivity index (χ4v) is 2.80. The highest BCUT2D eigenvalue weighted by Gasteiger charge is 2.23. The van der Waals surface area contributed by atoms with Gasteiger partial charge in [0, 0.05) is 16.3 Å². The van der Waals surface area contributed by atoms with Gasteiger partial charge in [-0.25, -0.2) is 0 Å². The number of hydrogen-bond donors (Lipinski definition) is 2. The van der Waals surface area contributed by atoms with Crippen LogP contribution >= 0.6 is 11.6 Å². The van der Waals surface area contributed by atoms with Crippen molar-refractivity contribution >= 4 is 23.3 Å². The van der Waals surface area contributed by atoms with Crippen LogP contribution in [-0.2, 0) is 6.42 Å². The number of aromatic amines is 1. The molecule has 1 aromatic heterocycles. The van der Waals surface area contributed by atoms with Crippen molar-refractivity contribution in [1.82, 2.24) is 4.98 Å². The van der Waals surface area contributed by atoms with Gasteiger partial charge in [0.2, 0.25) is 5.88 Å². The molecular formula is C16H13ClN2O. The molecule has 1 heterocycles. The second kappa shape index (κ2) is 5.07. The Morgan fingerprint density at radius 1 is 1.25 bits per heavy atom. The molecule has 20 heavy (non-hydrogen) atoms. The summed E-state index contributed by atoms with van der Waals surface area (Å²) in [6.45, 7) is 0. The SMILES string of the molecule is N#Cc1c(O)[nH]c2c1C(=Cc1ccc(Cl)cc1)CCC2. The molecule has 2 aromatic rings. The van der Waals surface area contributed by atoms with Gasteiger partial charge in [-0.3, -0.25) is 0 Å². The summed E-state index contributed by atoms with van der Waals surface area (Å²) in [5.41, 5.74) is 4.29. The Bertz CT molecular complexity index is 720. The van der Waals surface area contributed by atoms with Gasteiger partial charge in [0.05, 0.1) is 0 Å². The minimum absolute atomic E-state index is 0.0265. The predicted octanol–water partition coefficient (Wildman–Crippen LogP) is 4.12. The van der Waals surface area contributed by atoms with Crippen molar-refractivity contribution in [3.05, 3.63) is 51.7 Å². The Morgan fingerprint density at radius 2 is 2.00 bits per heavy atom. The summed E-state index contributed by atoms with van der Waals surface area (Å²) < 4.78 is 0. The molecule has 3 nitrogen and oxygen atoms in total. The Morgan fingerprint density at radius 3 is 2.70 bits per heavy atom. The summed E-state index contributed by atoms with van der Waals surface area (Å²) in [4.78, 5) is 2.91. The van der Waals surface area contributed by atoms with E-state index in [0.717, 1.165) is 41.7 Å². The summed E-state index contributed by atoms with van der Waals surface area (Å²) in [5, 5.41) is 19.7. The number of aromatic hydroxyl groups is 1. The van der Waals surface area contributed by atoms with Crippen molar-refractivity contribution in [2.24, 2.45) is 0 Å². The number of nitrogens with one attached hydrogen (secondary N) is 1. The van der Waals surface area contributed by atoms with Crippen molar-refractivity contribution in [2.45, 2.75) is 19.3 Å². The topological polar surface area (TPSA) is 59.8 Å². The number of H-pyrrole nitrogens is 1. The van der Waals surface area contributed by atoms with Crippen molar-refractivity contribution in [3.8, 4) is 11.9 Å². The van der Waals surface area contributed by atoms with Crippen LogP contribution in [0.15, 0.2) is 24.3 Å². The van der Waals surface area contributed by atoms with Crippen LogP contribution in [0.2, 0.25) is 5.02 Å². The van der Waals surface area contributed by atoms with E-state index in [9.17, 15) is 10.4 Å². The number of allylic oxidation sites excluding steroid dienone is 1. The average Bonchev–Trinajstić information content (AvgIpc) is 2.77. The number of halogens is 1. The standard InChI is InChI=1S/C16H13ClN2O/c17-12-6-4-10(5-7-12)8-11-2-1-3-14-15(11)13(9-18)16(20)19-14/h4-8,19-20H,1-3H2. The second-order valence-electron chi connectivity index (χ2n) is 4.89. The van der Waals surface area contributed by atoms with Crippen molar-refractivity contribution in [2.75, 3.05) is 0 Å². The lowest BCUT2D eigenvalue weighted by atomic mass is 9.89. The van der Waals surface area contributed by atoms with Crippen LogP contribution in [0.5, 0.6) is 5.88 Å². The Balaban J connectivity index is 2.10. The fraction of sp³-hybridized carbons (Fsp3) is 0.188. The minimum atomic E-state index is -0.0265. The van der Waals surface area contributed by atoms with E-state index in [1.54, 1.807) is 0 Å². The Hall–Kier alpha value is -2.18. The summed E-state index contributed by atoms with van der Waals surface area (Å²) in [6.07, 6.45) is 4.84. The van der Waals surface area contributed by atoms with Crippen LogP contribution in [0.3, 0.4) is 0 Å². The molecule has 0 unspecified atom stereocenters. The highest BCUT2D eigenvalue weighted by molar-refractivity contribution is 6.30. The van der Waals surface area contributed by atoms with Gasteiger partial charge in [0.25, 0.3) is 0 Å². The van der Waals surface area contributed by atoms with E-state index in [2.05, 4.69) is 17.1 Å². The molecule has 0 fully saturated rings. The molecule has 1 aliphatic rings. The molecule has 1 aliphatic carbocycles. The van der Waals surface area contributed by atoms with Crippen LogP contribution < -0.4 is 0 Å². The molecular weight excluding hydrogens is 272 g/mol. The van der Waals surface area contributed by atoms with E-state index in [-0.39, 0.29) is 5.88 Å². The lowest BCUT2D eigenvalue weighted by Crippen LogP contribution is -2.01. The average molecular weight is 285 g/mol. The number of aromatic nitrogens is 1. The monoisotopic (exact) mass is 284 g/mol. The first kappa shape index (κ1) is 12.8. The van der Waals surface area contributed by atoms with Gasteiger partial charge in [-0.2, -0.15) is 5.26 Å². The highest BCUT2D eigenvalue weighted by Crippen LogP contribution is 2.38. The molecule has 0 spiro atoms. The lowest BCUT2D eigenvalue weighted by molar-refractivity contribution is 0.454. The third kappa shape index (κ3) is 2.19. The molecule has 0 radical (unpaired) electrons. The maximum Gasteiger partial charge on any atom is 0.207 e. The predicted molar refractivity (Wildman–Crippen MR) is 79.4 cm³/mol. The van der Waals surface area contributed by atoms with E-state index in [0.29, 0.717) is 10.6 Å². The smallest absolute Gasteiger partial charge is 0.207 e. The maximum absolute atomic E-state index is 9.80. The van der Waals surface area contributed by atoms with Crippen LogP contribution in [-0.4, -0.2) is 10.1 Å². The molecule has 2 N–H and O–H groups in total. The number of hydrogen-bond acceptors (Lipinski definition) is 2. The summed E-state index contributed by atoms with van der Waals surface area (Å²) >= 11 is 5.88. The van der Waals surface area contributed by atoms with Gasteiger partial charge in [0.15, 0.2) is 0 Å². The summed E-state index contributed by atoms with van der Waals surface area (Å²) in [5.74, 6) is -0.0265. The van der Waals surface area contributed by atoms with Crippen LogP contribution in [0.25, 0.3) is 11.6 Å². The third-order valence-electron chi connectivity index (χ3n) is 3.57. The number of rotatable bonds is 1. The van der Waals surface area contributed by atoms with Gasteiger partial charge >= 0.3 is 0 Å². The van der Waals surface area contributed by atoms with E-state index in [1.807, 2.05) is 24.3 Å². The normalized spacial score (nSPS) is 15.9. The molecule has 0 bridgehead atoms. The summed E-state index contributed by atoms with van der Waals surface area (Å²) in [6, 6.07) is 9.67. The Kier molecular flexibility index (Phi) is 3.25. The molecule has 3 rings (SSSR count). The molecule has 100 valence electrons. The molecule has 0 saturated heterocycles. The number of benzene rings is 1. The largest absolute Gasteiger partial charge is 0.494 e. The van der Waals surface area contributed by atoms with Gasteiger partial charge in [0.1, 0.15) is 11.6 Å². The first-order chi connectivity index (χ1) is 9.69. The zero-order valence-corrected chi connectivity index (χ0v) is 11.5. The molecule has 0 atom stereocenters. The van der Waals surface area contributed by atoms with Gasteiger partial charge in [-0.1, -0.05) is 29.8 Å². The van der Waals surface area contributed by atoms with Gasteiger partial charge in [-0.05, 0) is 42.5 Å². The van der Waals surface area contributed by atoms with Crippen LogP contribution in [0, 0.1) is 11.3 Å². The van der Waals surface area contributed by atoms with Gasteiger partial charge in [-0.15, -0.1) is 0 Å². The molecule has 0 amide bonds. The molecule has 0 saturated carbocycles. The van der Waals surface area contributed by atoms with E-state index in [1.165, 1.54) is 0 Å². The van der Waals surface area contributed by atoms with E-state index >= 15 is 0 Å². The fourth-order valence-electron chi connectivity index (χ4n) is 2.67. The molecule has 0 aliphatic heterocycles. The van der Waals surface area contributed by atoms with Gasteiger partial charge < -0.3 is 10.1 Å². The van der Waals surface area contributed by atoms with E-state index in [4.69, 9.17) is 11.6 Å². The minimum Gasteiger partial charge on any atom is -0.494 e. The number of nitrogens with zero attached hydrogens (tertiary/aromatic N) is 1. The Labute approximate surface area is 122 Å². The zero-order valence-electron chi connectivity index (χ0n) is 10.8. The van der Waals surface area contributed by atoms with Crippen molar-refractivity contribution in [1.29, 1.82) is 5.26 Å². The third-order valence-corrected chi connectivity index (χ3v) is 3.83. The first-order valence-electron chi connectivity index (χ1n) is 6.49. The van der Waals surface area contributed by atoms with Crippen LogP contribution in [0.4, 0.5) is 0 Å². The number of nitriles is 1. The molecule has 1 aromatic carbocycles. The number of aryl methyl sites for hydroxylation is 1. The van der Waals surface area contributed by atoms with Crippen LogP contribution in [0.1, 0.15) is 35.2 Å². The highest BCUT2D eigenvalue weighted by atomic mass is 35.5. The van der Waals surface area contributed by atoms with Crippen molar-refractivity contribution < 1.29 is 5.11 Å².